The molecule has 1 amide bonds. The zero-order chi connectivity index (χ0) is 17.9. The van der Waals surface area contributed by atoms with Crippen LogP contribution in [0.1, 0.15) is 0 Å². The minimum Gasteiger partial charge on any atom is -0.333 e. The van der Waals surface area contributed by atoms with Gasteiger partial charge in [0.05, 0.1) is 21.7 Å². The number of hydrogen-bond acceptors (Lipinski definition) is 5. The highest BCUT2D eigenvalue weighted by molar-refractivity contribution is 7.99. The summed E-state index contributed by atoms with van der Waals surface area (Å²) in [6.07, 6.45) is 0. The molecule has 2 aromatic carbocycles. The number of carbonyl (C=O) groups excluding carboxylic acids is 1. The molecule has 0 unspecified atom stereocenters. The molecule has 0 saturated heterocycles. The number of sulfonamides is 1. The van der Waals surface area contributed by atoms with E-state index in [2.05, 4.69) is 15.4 Å². The molecule has 7 nitrogen and oxygen atoms in total. The second-order valence-electron chi connectivity index (χ2n) is 4.96. The van der Waals surface area contributed by atoms with Crippen LogP contribution in [0.4, 0.5) is 0 Å². The maximum absolute atomic E-state index is 12.0. The number of aromatic nitrogens is 2. The lowest BCUT2D eigenvalue weighted by molar-refractivity contribution is -0.119. The van der Waals surface area contributed by atoms with E-state index >= 15 is 0 Å². The number of nitrogens with one attached hydrogen (secondary N) is 3. The van der Waals surface area contributed by atoms with E-state index in [1.54, 1.807) is 0 Å². The van der Waals surface area contributed by atoms with Gasteiger partial charge in [0.2, 0.25) is 5.91 Å². The van der Waals surface area contributed by atoms with Gasteiger partial charge in [-0.15, -0.1) is 4.83 Å². The molecule has 1 aromatic heterocycles. The van der Waals surface area contributed by atoms with Gasteiger partial charge in [0, 0.05) is 5.02 Å². The van der Waals surface area contributed by atoms with Crippen LogP contribution in [0.15, 0.2) is 58.6 Å². The highest BCUT2D eigenvalue weighted by atomic mass is 35.5. The minimum atomic E-state index is -3.85. The van der Waals surface area contributed by atoms with Gasteiger partial charge in [-0.05, 0) is 36.4 Å². The molecule has 0 bridgehead atoms. The summed E-state index contributed by atoms with van der Waals surface area (Å²) in [4.78, 5) is 21.3. The van der Waals surface area contributed by atoms with E-state index in [-0.39, 0.29) is 10.6 Å². The topological polar surface area (TPSA) is 104 Å². The first-order valence-corrected chi connectivity index (χ1v) is 9.92. The Morgan fingerprint density at radius 2 is 1.88 bits per heavy atom. The average Bonchev–Trinajstić information content (AvgIpc) is 3.01. The lowest BCUT2D eigenvalue weighted by atomic mass is 10.3. The molecule has 3 N–H and O–H groups in total. The fraction of sp³-hybridized carbons (Fsp3) is 0.0667. The molecule has 0 atom stereocenters. The first kappa shape index (κ1) is 17.7. The maximum atomic E-state index is 12.0. The predicted molar refractivity (Wildman–Crippen MR) is 96.7 cm³/mol. The fourth-order valence-corrected chi connectivity index (χ4v) is 3.64. The Morgan fingerprint density at radius 1 is 1.16 bits per heavy atom. The SMILES string of the molecule is O=C(CSc1nc2ccccc2[nH]1)NNS(=O)(=O)c1ccc(Cl)cc1. The molecule has 10 heteroatoms. The number of thioether (sulfide) groups is 1. The molecular weight excluding hydrogens is 384 g/mol. The zero-order valence-corrected chi connectivity index (χ0v) is 15.1. The third-order valence-electron chi connectivity index (χ3n) is 3.16. The molecule has 3 rings (SSSR count). The van der Waals surface area contributed by atoms with Crippen LogP contribution < -0.4 is 10.3 Å². The summed E-state index contributed by atoms with van der Waals surface area (Å²) >= 11 is 6.89. The van der Waals surface area contributed by atoms with Crippen LogP contribution in [0.5, 0.6) is 0 Å². The normalized spacial score (nSPS) is 11.6. The molecule has 0 aliphatic rings. The number of imidazole rings is 1. The van der Waals surface area contributed by atoms with E-state index in [4.69, 9.17) is 11.6 Å². The molecule has 0 spiro atoms. The van der Waals surface area contributed by atoms with Gasteiger partial charge in [-0.2, -0.15) is 0 Å². The minimum absolute atomic E-state index is 0.00198. The zero-order valence-electron chi connectivity index (χ0n) is 12.7. The number of hydrazine groups is 1. The number of benzene rings is 2. The highest BCUT2D eigenvalue weighted by Crippen LogP contribution is 2.18. The number of hydrogen-bond donors (Lipinski definition) is 3. The molecule has 130 valence electrons. The molecule has 1 heterocycles. The summed E-state index contributed by atoms with van der Waals surface area (Å²) in [6.45, 7) is 0. The molecule has 25 heavy (non-hydrogen) atoms. The van der Waals surface area contributed by atoms with Crippen LogP contribution in [-0.2, 0) is 14.8 Å². The van der Waals surface area contributed by atoms with Crippen LogP contribution in [0.2, 0.25) is 5.02 Å². The Kier molecular flexibility index (Phi) is 5.28. The van der Waals surface area contributed by atoms with Crippen LogP contribution in [0.3, 0.4) is 0 Å². The van der Waals surface area contributed by atoms with Crippen LogP contribution in [0, 0.1) is 0 Å². The fourth-order valence-electron chi connectivity index (χ4n) is 1.96. The lowest BCUT2D eigenvalue weighted by Gasteiger charge is -2.08. The monoisotopic (exact) mass is 396 g/mol. The largest absolute Gasteiger partial charge is 0.333 e. The van der Waals surface area contributed by atoms with Crippen molar-refractivity contribution in [2.45, 2.75) is 10.1 Å². The standard InChI is InChI=1S/C15H13ClN4O3S2/c16-10-5-7-11(8-6-10)25(22,23)20-19-14(21)9-24-15-17-12-3-1-2-4-13(12)18-15/h1-8,20H,9H2,(H,17,18)(H,19,21). The van der Waals surface area contributed by atoms with Crippen LogP contribution >= 0.6 is 23.4 Å². The molecule has 0 radical (unpaired) electrons. The van der Waals surface area contributed by atoms with Crippen molar-refractivity contribution in [3.8, 4) is 0 Å². The molecule has 0 aliphatic carbocycles. The quantitative estimate of drug-likeness (QED) is 0.438. The Bertz CT molecular complexity index is 970. The third-order valence-corrected chi connectivity index (χ3v) is 5.55. The summed E-state index contributed by atoms with van der Waals surface area (Å²) < 4.78 is 24.1. The number of carbonyl (C=O) groups is 1. The molecule has 0 aliphatic heterocycles. The molecule has 0 fully saturated rings. The van der Waals surface area contributed by atoms with E-state index < -0.39 is 15.9 Å². The number of amides is 1. The summed E-state index contributed by atoms with van der Waals surface area (Å²) in [6, 6.07) is 13.1. The van der Waals surface area contributed by atoms with Crippen molar-refractivity contribution in [1.82, 2.24) is 20.2 Å². The van der Waals surface area contributed by atoms with Gasteiger partial charge in [0.15, 0.2) is 5.16 Å². The molecule has 3 aromatic rings. The number of halogens is 1. The van der Waals surface area contributed by atoms with Crippen molar-refractivity contribution in [1.29, 1.82) is 0 Å². The van der Waals surface area contributed by atoms with Crippen LogP contribution in [-0.4, -0.2) is 30.0 Å². The Balaban J connectivity index is 1.54. The summed E-state index contributed by atoms with van der Waals surface area (Å²) in [7, 11) is -3.85. The van der Waals surface area contributed by atoms with Crippen molar-refractivity contribution in [3.63, 3.8) is 0 Å². The van der Waals surface area contributed by atoms with Crippen molar-refractivity contribution in [2.24, 2.45) is 0 Å². The van der Waals surface area contributed by atoms with E-state index in [1.165, 1.54) is 36.0 Å². The first-order chi connectivity index (χ1) is 11.9. The van der Waals surface area contributed by atoms with Gasteiger partial charge in [-0.3, -0.25) is 10.2 Å². The number of para-hydroxylation sites is 2. The third kappa shape index (κ3) is 4.51. The van der Waals surface area contributed by atoms with E-state index in [1.807, 2.05) is 29.1 Å². The Labute approximate surface area is 153 Å². The highest BCUT2D eigenvalue weighted by Gasteiger charge is 2.15. The molecule has 0 saturated carbocycles. The van der Waals surface area contributed by atoms with Gasteiger partial charge in [0.1, 0.15) is 0 Å². The second kappa shape index (κ2) is 7.44. The maximum Gasteiger partial charge on any atom is 0.257 e. The van der Waals surface area contributed by atoms with Crippen LogP contribution in [0.25, 0.3) is 11.0 Å². The van der Waals surface area contributed by atoms with E-state index in [0.717, 1.165) is 11.0 Å². The number of nitrogens with zero attached hydrogens (tertiary/aromatic N) is 1. The van der Waals surface area contributed by atoms with Gasteiger partial charge in [-0.25, -0.2) is 13.4 Å². The number of rotatable bonds is 6. The number of aromatic amines is 1. The van der Waals surface area contributed by atoms with E-state index in [0.29, 0.717) is 10.2 Å². The summed E-state index contributed by atoms with van der Waals surface area (Å²) in [5, 5.41) is 1.00. The predicted octanol–water partition coefficient (Wildman–Crippen LogP) is 2.32. The second-order valence-corrected chi connectivity index (χ2v) is 8.04. The van der Waals surface area contributed by atoms with Crippen molar-refractivity contribution < 1.29 is 13.2 Å². The molecular formula is C15H13ClN4O3S2. The Morgan fingerprint density at radius 3 is 2.60 bits per heavy atom. The van der Waals surface area contributed by atoms with E-state index in [9.17, 15) is 13.2 Å². The number of H-pyrrole nitrogens is 1. The van der Waals surface area contributed by atoms with Gasteiger partial charge in [0.25, 0.3) is 10.0 Å². The van der Waals surface area contributed by atoms with Crippen molar-refractivity contribution in [3.05, 3.63) is 53.6 Å². The average molecular weight is 397 g/mol. The van der Waals surface area contributed by atoms with Crippen molar-refractivity contribution >= 4 is 50.3 Å². The first-order valence-electron chi connectivity index (χ1n) is 7.08. The summed E-state index contributed by atoms with van der Waals surface area (Å²) in [5.41, 5.74) is 3.84. The van der Waals surface area contributed by atoms with Crippen molar-refractivity contribution in [2.75, 3.05) is 5.75 Å². The Hall–Kier alpha value is -2.07. The summed E-state index contributed by atoms with van der Waals surface area (Å²) in [5.74, 6) is -0.494. The lowest BCUT2D eigenvalue weighted by Crippen LogP contribution is -2.42. The van der Waals surface area contributed by atoms with Gasteiger partial charge < -0.3 is 4.98 Å². The smallest absolute Gasteiger partial charge is 0.257 e. The number of fused-ring (bicyclic) bond motifs is 1. The van der Waals surface area contributed by atoms with Gasteiger partial charge >= 0.3 is 0 Å². The van der Waals surface area contributed by atoms with Gasteiger partial charge in [-0.1, -0.05) is 35.5 Å².